The molecule has 0 aliphatic carbocycles. The summed E-state index contributed by atoms with van der Waals surface area (Å²) in [7, 11) is -3.56. The van der Waals surface area contributed by atoms with E-state index in [2.05, 4.69) is 5.32 Å². The fourth-order valence-electron chi connectivity index (χ4n) is 3.77. The van der Waals surface area contributed by atoms with Crippen molar-refractivity contribution in [2.24, 2.45) is 0 Å². The molecule has 0 bridgehead atoms. The van der Waals surface area contributed by atoms with Gasteiger partial charge in [0.05, 0.1) is 25.0 Å². The number of para-hydroxylation sites is 1. The lowest BCUT2D eigenvalue weighted by atomic mass is 10.1. The predicted octanol–water partition coefficient (Wildman–Crippen LogP) is 5.56. The highest BCUT2D eigenvalue weighted by Gasteiger charge is 2.18. The van der Waals surface area contributed by atoms with Crippen LogP contribution in [0.3, 0.4) is 0 Å². The van der Waals surface area contributed by atoms with Crippen molar-refractivity contribution < 1.29 is 22.7 Å². The van der Waals surface area contributed by atoms with Crippen LogP contribution in [0.4, 0.5) is 5.69 Å². The van der Waals surface area contributed by atoms with E-state index in [9.17, 15) is 13.2 Å². The fourth-order valence-corrected chi connectivity index (χ4v) is 4.66. The average molecular weight is 531 g/mol. The molecular weight excluding hydrogens is 500 g/mol. The third kappa shape index (κ3) is 7.60. The Bertz CT molecular complexity index is 1460. The van der Waals surface area contributed by atoms with E-state index in [0.29, 0.717) is 35.9 Å². The van der Waals surface area contributed by atoms with Crippen molar-refractivity contribution in [3.05, 3.63) is 120 Å². The molecule has 8 heteroatoms. The van der Waals surface area contributed by atoms with Crippen molar-refractivity contribution in [2.75, 3.05) is 23.7 Å². The quantitative estimate of drug-likeness (QED) is 0.257. The lowest BCUT2D eigenvalue weighted by molar-refractivity contribution is 0.0947. The number of rotatable bonds is 11. The number of nitrogens with zero attached hydrogens (tertiary/aromatic N) is 1. The van der Waals surface area contributed by atoms with Crippen LogP contribution in [-0.4, -0.2) is 33.7 Å². The average Bonchev–Trinajstić information content (AvgIpc) is 2.91. The molecule has 0 fully saturated rings. The molecule has 0 aromatic heterocycles. The summed E-state index contributed by atoms with van der Waals surface area (Å²) in [5, 5.41) is 2.83. The molecule has 0 saturated heterocycles. The third-order valence-corrected chi connectivity index (χ3v) is 6.83. The summed E-state index contributed by atoms with van der Waals surface area (Å²) in [6.45, 7) is 2.83. The van der Waals surface area contributed by atoms with Crippen molar-refractivity contribution in [1.29, 1.82) is 0 Å². The molecule has 0 aliphatic rings. The van der Waals surface area contributed by atoms with E-state index in [4.69, 9.17) is 9.47 Å². The first-order valence-corrected chi connectivity index (χ1v) is 14.0. The monoisotopic (exact) mass is 530 g/mol. The molecule has 38 heavy (non-hydrogen) atoms. The number of hydrogen-bond donors (Lipinski definition) is 1. The number of carbonyl (C=O) groups is 1. The molecule has 0 aliphatic heterocycles. The van der Waals surface area contributed by atoms with Crippen LogP contribution in [0.5, 0.6) is 17.2 Å². The summed E-state index contributed by atoms with van der Waals surface area (Å²) in [6.07, 6.45) is 1.17. The van der Waals surface area contributed by atoms with Crippen molar-refractivity contribution >= 4 is 21.6 Å². The normalized spacial score (nSPS) is 11.0. The summed E-state index contributed by atoms with van der Waals surface area (Å²) in [6, 6.07) is 30.8. The Labute approximate surface area is 223 Å². The highest BCUT2D eigenvalue weighted by Crippen LogP contribution is 2.26. The van der Waals surface area contributed by atoms with Gasteiger partial charge in [-0.2, -0.15) is 0 Å². The van der Waals surface area contributed by atoms with E-state index >= 15 is 0 Å². The number of anilines is 1. The van der Waals surface area contributed by atoms with Crippen LogP contribution in [0.2, 0.25) is 0 Å². The molecule has 7 nitrogen and oxygen atoms in total. The summed E-state index contributed by atoms with van der Waals surface area (Å²) in [4.78, 5) is 12.5. The van der Waals surface area contributed by atoms with Crippen molar-refractivity contribution in [1.82, 2.24) is 5.32 Å². The van der Waals surface area contributed by atoms with Gasteiger partial charge >= 0.3 is 0 Å². The van der Waals surface area contributed by atoms with Gasteiger partial charge in [0.2, 0.25) is 10.0 Å². The second-order valence-electron chi connectivity index (χ2n) is 8.80. The molecule has 4 aromatic rings. The van der Waals surface area contributed by atoms with Crippen LogP contribution in [-0.2, 0) is 16.6 Å². The van der Waals surface area contributed by atoms with Gasteiger partial charge in [0.25, 0.3) is 5.91 Å². The first-order chi connectivity index (χ1) is 18.3. The van der Waals surface area contributed by atoms with E-state index in [1.165, 1.54) is 10.6 Å². The number of carbonyl (C=O) groups excluding carboxylic acids is 1. The molecule has 0 unspecified atom stereocenters. The van der Waals surface area contributed by atoms with Gasteiger partial charge in [-0.05, 0) is 78.7 Å². The van der Waals surface area contributed by atoms with Crippen LogP contribution >= 0.6 is 0 Å². The smallest absolute Gasteiger partial charge is 0.251 e. The molecule has 1 N–H and O–H groups in total. The lowest BCUT2D eigenvalue weighted by Crippen LogP contribution is -2.29. The minimum atomic E-state index is -3.56. The molecule has 0 atom stereocenters. The molecule has 4 aromatic carbocycles. The maximum Gasteiger partial charge on any atom is 0.251 e. The molecule has 196 valence electrons. The fraction of sp³-hybridized carbons (Fsp3) is 0.167. The Kier molecular flexibility index (Phi) is 8.66. The molecule has 1 amide bonds. The zero-order valence-corrected chi connectivity index (χ0v) is 22.1. The number of aryl methyl sites for hydroxylation is 1. The first-order valence-electron chi connectivity index (χ1n) is 12.2. The van der Waals surface area contributed by atoms with Crippen LogP contribution in [0.25, 0.3) is 0 Å². The largest absolute Gasteiger partial charge is 0.492 e. The summed E-state index contributed by atoms with van der Waals surface area (Å²) in [5.41, 5.74) is 2.86. The second-order valence-corrected chi connectivity index (χ2v) is 10.7. The van der Waals surface area contributed by atoms with E-state index < -0.39 is 10.0 Å². The molecule has 0 heterocycles. The maximum atomic E-state index is 12.6. The van der Waals surface area contributed by atoms with Crippen molar-refractivity contribution in [3.63, 3.8) is 0 Å². The zero-order chi connectivity index (χ0) is 27.0. The van der Waals surface area contributed by atoms with E-state index in [0.717, 1.165) is 16.9 Å². The zero-order valence-electron chi connectivity index (χ0n) is 21.3. The van der Waals surface area contributed by atoms with Gasteiger partial charge in [-0.3, -0.25) is 9.10 Å². The number of nitrogens with one attached hydrogen (secondary N) is 1. The van der Waals surface area contributed by atoms with E-state index in [1.54, 1.807) is 48.5 Å². The maximum absolute atomic E-state index is 12.6. The van der Waals surface area contributed by atoms with Gasteiger partial charge in [0.1, 0.15) is 23.9 Å². The Hall–Kier alpha value is -4.30. The topological polar surface area (TPSA) is 84.9 Å². The summed E-state index contributed by atoms with van der Waals surface area (Å²) in [5.74, 6) is 1.84. The number of ether oxygens (including phenoxy) is 2. The highest BCUT2D eigenvalue weighted by atomic mass is 32.2. The summed E-state index contributed by atoms with van der Waals surface area (Å²) >= 11 is 0. The van der Waals surface area contributed by atoms with Crippen LogP contribution in [0.15, 0.2) is 103 Å². The summed E-state index contributed by atoms with van der Waals surface area (Å²) < 4.78 is 37.9. The van der Waals surface area contributed by atoms with Gasteiger partial charge in [0.15, 0.2) is 0 Å². The first kappa shape index (κ1) is 26.8. The molecule has 0 saturated carbocycles. The number of benzene rings is 4. The molecule has 0 spiro atoms. The van der Waals surface area contributed by atoms with E-state index in [1.807, 2.05) is 61.5 Å². The van der Waals surface area contributed by atoms with Gasteiger partial charge in [0, 0.05) is 5.56 Å². The Morgan fingerprint density at radius 2 is 1.47 bits per heavy atom. The van der Waals surface area contributed by atoms with E-state index in [-0.39, 0.29) is 12.5 Å². The number of hydrogen-bond acceptors (Lipinski definition) is 5. The highest BCUT2D eigenvalue weighted by molar-refractivity contribution is 7.92. The Morgan fingerprint density at radius 3 is 2.13 bits per heavy atom. The second kappa shape index (κ2) is 12.3. The molecular formula is C30H30N2O5S. The van der Waals surface area contributed by atoms with Crippen LogP contribution < -0.4 is 19.1 Å². The minimum absolute atomic E-state index is 0.129. The Morgan fingerprint density at radius 1 is 0.816 bits per heavy atom. The van der Waals surface area contributed by atoms with Crippen molar-refractivity contribution in [3.8, 4) is 17.2 Å². The van der Waals surface area contributed by atoms with Gasteiger partial charge in [-0.25, -0.2) is 8.42 Å². The van der Waals surface area contributed by atoms with Crippen molar-refractivity contribution in [2.45, 2.75) is 13.5 Å². The third-order valence-electron chi connectivity index (χ3n) is 5.69. The Balaban J connectivity index is 1.34. The number of sulfonamides is 1. The number of amides is 1. The predicted molar refractivity (Wildman–Crippen MR) is 149 cm³/mol. The SMILES string of the molecule is Cc1cccc(OCCNC(=O)c2ccc(CN(c3ccc(Oc4ccccc4)cc3)S(C)(=O)=O)cc2)c1. The van der Waals surface area contributed by atoms with Crippen LogP contribution in [0.1, 0.15) is 21.5 Å². The van der Waals surface area contributed by atoms with Gasteiger partial charge in [-0.1, -0.05) is 42.5 Å². The standard InChI is InChI=1S/C30H30N2O5S/c1-23-7-6-10-29(21-23)36-20-19-31-30(33)25-13-11-24(12-14-25)22-32(38(2,34)35)26-15-17-28(18-16-26)37-27-8-4-3-5-9-27/h3-18,21H,19-20,22H2,1-2H3,(H,31,33). The van der Waals surface area contributed by atoms with Gasteiger partial charge in [-0.15, -0.1) is 0 Å². The van der Waals surface area contributed by atoms with Gasteiger partial charge < -0.3 is 14.8 Å². The minimum Gasteiger partial charge on any atom is -0.492 e. The van der Waals surface area contributed by atoms with Crippen LogP contribution in [0, 0.1) is 6.92 Å². The molecule has 0 radical (unpaired) electrons. The molecule has 4 rings (SSSR count). The lowest BCUT2D eigenvalue weighted by Gasteiger charge is -2.23.